The molecule has 3 rings (SSSR count). The predicted molar refractivity (Wildman–Crippen MR) is 70.9 cm³/mol. The van der Waals surface area contributed by atoms with Gasteiger partial charge in [-0.1, -0.05) is 12.2 Å². The first kappa shape index (κ1) is 13.4. The quantitative estimate of drug-likeness (QED) is 0.362. The van der Waals surface area contributed by atoms with E-state index in [1.807, 2.05) is 12.2 Å². The Morgan fingerprint density at radius 3 is 2.24 bits per heavy atom. The first-order valence-corrected chi connectivity index (χ1v) is 6.47. The first-order valence-electron chi connectivity index (χ1n) is 6.47. The van der Waals surface area contributed by atoms with E-state index in [0.717, 1.165) is 17.0 Å². The van der Waals surface area contributed by atoms with Gasteiger partial charge in [0, 0.05) is 6.07 Å². The van der Waals surface area contributed by atoms with Crippen molar-refractivity contribution in [2.24, 2.45) is 11.8 Å². The smallest absolute Gasteiger partial charge is 0.274 e. The van der Waals surface area contributed by atoms with Crippen molar-refractivity contribution in [1.82, 2.24) is 0 Å². The molecule has 21 heavy (non-hydrogen) atoms. The lowest BCUT2D eigenvalue weighted by molar-refractivity contribution is -0.387. The van der Waals surface area contributed by atoms with Crippen molar-refractivity contribution in [3.05, 3.63) is 46.3 Å². The molecule has 7 heteroatoms. The molecule has 1 fully saturated rings. The topological polar surface area (TPSA) is 80.5 Å². The minimum Gasteiger partial charge on any atom is -0.274 e. The fourth-order valence-electron chi connectivity index (χ4n) is 2.83. The maximum atomic E-state index is 13.4. The number of halogens is 1. The summed E-state index contributed by atoms with van der Waals surface area (Å²) in [5.74, 6) is -2.61. The molecule has 0 radical (unpaired) electrons. The Kier molecular flexibility index (Phi) is 3.04. The minimum absolute atomic E-state index is 0.0486. The van der Waals surface area contributed by atoms with Gasteiger partial charge in [-0.2, -0.15) is 4.39 Å². The zero-order chi connectivity index (χ0) is 15.1. The van der Waals surface area contributed by atoms with Crippen molar-refractivity contribution in [3.8, 4) is 0 Å². The summed E-state index contributed by atoms with van der Waals surface area (Å²) in [6.07, 6.45) is 4.66. The lowest BCUT2D eigenvalue weighted by Crippen LogP contribution is -2.30. The van der Waals surface area contributed by atoms with E-state index in [-0.39, 0.29) is 17.5 Å². The van der Waals surface area contributed by atoms with E-state index in [1.54, 1.807) is 0 Å². The molecule has 1 saturated heterocycles. The number of allylic oxidation sites excluding steroid dienone is 2. The summed E-state index contributed by atoms with van der Waals surface area (Å²) in [6.45, 7) is 0. The number of benzene rings is 1. The van der Waals surface area contributed by atoms with Gasteiger partial charge < -0.3 is 0 Å². The number of fused-ring (bicyclic) bond motifs is 1. The molecule has 1 aliphatic carbocycles. The normalized spacial score (nSPS) is 24.3. The van der Waals surface area contributed by atoms with Crippen molar-refractivity contribution in [1.29, 1.82) is 0 Å². The SMILES string of the molecule is O=C1[C@H]2CC=CC[C@H]2C(=O)N1c1ccc(F)c([N+](=O)[O-])c1. The number of carbonyl (C=O) groups is 2. The van der Waals surface area contributed by atoms with Crippen LogP contribution in [0.4, 0.5) is 15.8 Å². The molecule has 2 atom stereocenters. The Bertz CT molecular complexity index is 660. The number of anilines is 1. The number of hydrogen-bond donors (Lipinski definition) is 0. The molecule has 0 aromatic heterocycles. The Balaban J connectivity index is 2.01. The Hall–Kier alpha value is -2.57. The van der Waals surface area contributed by atoms with Gasteiger partial charge in [-0.15, -0.1) is 0 Å². The zero-order valence-electron chi connectivity index (χ0n) is 10.9. The summed E-state index contributed by atoms with van der Waals surface area (Å²) in [5, 5.41) is 10.8. The van der Waals surface area contributed by atoms with Crippen molar-refractivity contribution in [2.45, 2.75) is 12.8 Å². The maximum Gasteiger partial charge on any atom is 0.306 e. The van der Waals surface area contributed by atoms with E-state index in [1.165, 1.54) is 6.07 Å². The van der Waals surface area contributed by atoms with Gasteiger partial charge in [0.1, 0.15) is 0 Å². The molecular weight excluding hydrogens is 279 g/mol. The van der Waals surface area contributed by atoms with Gasteiger partial charge in [-0.25, -0.2) is 4.90 Å². The van der Waals surface area contributed by atoms with Crippen LogP contribution in [0.15, 0.2) is 30.4 Å². The highest BCUT2D eigenvalue weighted by Gasteiger charge is 2.48. The third kappa shape index (κ3) is 2.01. The van der Waals surface area contributed by atoms with E-state index >= 15 is 0 Å². The molecule has 0 saturated carbocycles. The molecule has 108 valence electrons. The van der Waals surface area contributed by atoms with Crippen LogP contribution in [0.25, 0.3) is 0 Å². The molecule has 2 amide bonds. The van der Waals surface area contributed by atoms with Crippen molar-refractivity contribution in [2.75, 3.05) is 4.90 Å². The summed E-state index contributed by atoms with van der Waals surface area (Å²) in [4.78, 5) is 35.5. The zero-order valence-corrected chi connectivity index (χ0v) is 10.9. The molecule has 0 spiro atoms. The van der Waals surface area contributed by atoms with Crippen LogP contribution in [0.3, 0.4) is 0 Å². The Labute approximate surface area is 119 Å². The molecule has 0 unspecified atom stereocenters. The second-order valence-electron chi connectivity index (χ2n) is 5.06. The molecule has 0 bridgehead atoms. The van der Waals surface area contributed by atoms with Crippen molar-refractivity contribution >= 4 is 23.2 Å². The van der Waals surface area contributed by atoms with Gasteiger partial charge in [0.2, 0.25) is 17.6 Å². The van der Waals surface area contributed by atoms with E-state index in [4.69, 9.17) is 0 Å². The number of rotatable bonds is 2. The summed E-state index contributed by atoms with van der Waals surface area (Å²) in [5.41, 5.74) is -0.700. The van der Waals surface area contributed by atoms with E-state index in [9.17, 15) is 24.1 Å². The van der Waals surface area contributed by atoms with Gasteiger partial charge in [-0.05, 0) is 25.0 Å². The lowest BCUT2D eigenvalue weighted by atomic mass is 9.85. The van der Waals surface area contributed by atoms with Crippen LogP contribution in [-0.4, -0.2) is 16.7 Å². The molecule has 1 aromatic rings. The number of imide groups is 1. The lowest BCUT2D eigenvalue weighted by Gasteiger charge is -2.14. The van der Waals surface area contributed by atoms with Crippen LogP contribution in [0.1, 0.15) is 12.8 Å². The van der Waals surface area contributed by atoms with Gasteiger partial charge >= 0.3 is 5.69 Å². The third-order valence-electron chi connectivity index (χ3n) is 3.89. The Morgan fingerprint density at radius 2 is 1.71 bits per heavy atom. The fraction of sp³-hybridized carbons (Fsp3) is 0.286. The second-order valence-corrected chi connectivity index (χ2v) is 5.06. The van der Waals surface area contributed by atoms with Gasteiger partial charge in [0.05, 0.1) is 22.4 Å². The molecule has 6 nitrogen and oxygen atoms in total. The minimum atomic E-state index is -0.998. The summed E-state index contributed by atoms with van der Waals surface area (Å²) < 4.78 is 13.4. The van der Waals surface area contributed by atoms with Crippen LogP contribution in [0.2, 0.25) is 0 Å². The highest BCUT2D eigenvalue weighted by molar-refractivity contribution is 6.22. The molecule has 1 aliphatic heterocycles. The Morgan fingerprint density at radius 1 is 1.14 bits per heavy atom. The molecule has 2 aliphatic rings. The molecule has 1 heterocycles. The van der Waals surface area contributed by atoms with Crippen LogP contribution in [-0.2, 0) is 9.59 Å². The average Bonchev–Trinajstić information content (AvgIpc) is 2.72. The molecule has 0 N–H and O–H groups in total. The van der Waals surface area contributed by atoms with Crippen molar-refractivity contribution < 1.29 is 18.9 Å². The number of nitro groups is 1. The van der Waals surface area contributed by atoms with E-state index in [0.29, 0.717) is 12.8 Å². The van der Waals surface area contributed by atoms with E-state index < -0.39 is 28.3 Å². The highest BCUT2D eigenvalue weighted by Crippen LogP contribution is 2.38. The summed E-state index contributed by atoms with van der Waals surface area (Å²) in [7, 11) is 0. The predicted octanol–water partition coefficient (Wildman–Crippen LogP) is 2.19. The van der Waals surface area contributed by atoms with Crippen molar-refractivity contribution in [3.63, 3.8) is 0 Å². The van der Waals surface area contributed by atoms with Crippen LogP contribution in [0.5, 0.6) is 0 Å². The van der Waals surface area contributed by atoms with Gasteiger partial charge in [0.15, 0.2) is 0 Å². The fourth-order valence-corrected chi connectivity index (χ4v) is 2.83. The number of hydrogen-bond acceptors (Lipinski definition) is 4. The molecular formula is C14H11FN2O4. The number of nitrogens with zero attached hydrogens (tertiary/aromatic N) is 2. The van der Waals surface area contributed by atoms with Crippen LogP contribution >= 0.6 is 0 Å². The standard InChI is InChI=1S/C14H11FN2O4/c15-11-6-5-8(7-12(11)17(20)21)16-13(18)9-3-1-2-4-10(9)14(16)19/h1-2,5-7,9-10H,3-4H2/t9-,10+. The monoisotopic (exact) mass is 290 g/mol. The number of nitro benzene ring substituents is 1. The number of amides is 2. The van der Waals surface area contributed by atoms with E-state index in [2.05, 4.69) is 0 Å². The van der Waals surface area contributed by atoms with Crippen LogP contribution in [0, 0.1) is 27.8 Å². The second kappa shape index (κ2) is 4.76. The first-order chi connectivity index (χ1) is 10.0. The third-order valence-corrected chi connectivity index (χ3v) is 3.89. The van der Waals surface area contributed by atoms with Gasteiger partial charge in [-0.3, -0.25) is 19.7 Å². The van der Waals surface area contributed by atoms with Gasteiger partial charge in [0.25, 0.3) is 0 Å². The van der Waals surface area contributed by atoms with Crippen LogP contribution < -0.4 is 4.90 Å². The maximum absolute atomic E-state index is 13.4. The summed E-state index contributed by atoms with van der Waals surface area (Å²) in [6, 6.07) is 3.03. The summed E-state index contributed by atoms with van der Waals surface area (Å²) >= 11 is 0. The number of carbonyl (C=O) groups excluding carboxylic acids is 2. The highest BCUT2D eigenvalue weighted by atomic mass is 19.1. The largest absolute Gasteiger partial charge is 0.306 e. The average molecular weight is 290 g/mol. The molecule has 1 aromatic carbocycles.